The van der Waals surface area contributed by atoms with Crippen molar-refractivity contribution in [2.24, 2.45) is 0 Å². The molecule has 22 heavy (non-hydrogen) atoms. The fraction of sp³-hybridized carbons (Fsp3) is 0.176. The van der Waals surface area contributed by atoms with E-state index < -0.39 is 12.1 Å². The average Bonchev–Trinajstić information content (AvgIpc) is 2.54. The molecule has 0 saturated carbocycles. The van der Waals surface area contributed by atoms with Gasteiger partial charge in [-0.3, -0.25) is 4.98 Å². The fourth-order valence-corrected chi connectivity index (χ4v) is 1.78. The van der Waals surface area contributed by atoms with E-state index in [0.29, 0.717) is 11.5 Å². The molecule has 0 radical (unpaired) electrons. The number of carboxylic acid groups (broad SMARTS) is 1. The second kappa shape index (κ2) is 7.26. The smallest absolute Gasteiger partial charge is 0.344 e. The van der Waals surface area contributed by atoms with Crippen LogP contribution >= 0.6 is 0 Å². The topological polar surface area (TPSA) is 68.7 Å². The van der Waals surface area contributed by atoms with Gasteiger partial charge >= 0.3 is 5.97 Å². The molecule has 0 aliphatic carbocycles. The average molecular weight is 299 g/mol. The van der Waals surface area contributed by atoms with Crippen LogP contribution < -0.4 is 9.47 Å². The van der Waals surface area contributed by atoms with Gasteiger partial charge in [0.25, 0.3) is 0 Å². The quantitative estimate of drug-likeness (QED) is 0.887. The number of carbonyl (C=O) groups is 1. The molecule has 0 spiro atoms. The van der Waals surface area contributed by atoms with E-state index >= 15 is 0 Å². The third kappa shape index (κ3) is 4.09. The second-order valence-electron chi connectivity index (χ2n) is 4.60. The zero-order chi connectivity index (χ0) is 15.9. The van der Waals surface area contributed by atoms with Gasteiger partial charge in [-0.15, -0.1) is 0 Å². The Morgan fingerprint density at radius 2 is 2.05 bits per heavy atom. The normalized spacial score (nSPS) is 12.1. The zero-order valence-electron chi connectivity index (χ0n) is 12.4. The number of pyridine rings is 1. The van der Waals surface area contributed by atoms with Crippen molar-refractivity contribution in [3.63, 3.8) is 0 Å². The predicted octanol–water partition coefficient (Wildman–Crippen LogP) is 3.11. The summed E-state index contributed by atoms with van der Waals surface area (Å²) >= 11 is 0. The maximum atomic E-state index is 10.8. The van der Waals surface area contributed by atoms with Gasteiger partial charge in [-0.1, -0.05) is 18.2 Å². The summed E-state index contributed by atoms with van der Waals surface area (Å²) in [5.74, 6) is -0.148. The number of nitrogens with zero attached hydrogens (tertiary/aromatic N) is 1. The summed E-state index contributed by atoms with van der Waals surface area (Å²) in [5, 5.41) is 8.89. The number of benzene rings is 1. The lowest BCUT2D eigenvalue weighted by molar-refractivity contribution is -0.144. The molecular formula is C17H17NO4. The SMILES string of the molecule is COc1cc(/C=C/c2ccccn2)ccc1OC(C)C(=O)O. The predicted molar refractivity (Wildman–Crippen MR) is 83.9 cm³/mol. The molecule has 0 aliphatic rings. The van der Waals surface area contributed by atoms with Crippen LogP contribution in [0.25, 0.3) is 12.2 Å². The lowest BCUT2D eigenvalue weighted by Crippen LogP contribution is -2.23. The van der Waals surface area contributed by atoms with Crippen LogP contribution in [0, 0.1) is 0 Å². The molecule has 114 valence electrons. The van der Waals surface area contributed by atoms with Crippen molar-refractivity contribution in [3.8, 4) is 11.5 Å². The van der Waals surface area contributed by atoms with Gasteiger partial charge in [-0.05, 0) is 42.8 Å². The van der Waals surface area contributed by atoms with E-state index in [1.54, 1.807) is 18.3 Å². The lowest BCUT2D eigenvalue weighted by atomic mass is 10.1. The molecule has 1 heterocycles. The summed E-state index contributed by atoms with van der Waals surface area (Å²) in [5.41, 5.74) is 1.75. The van der Waals surface area contributed by atoms with E-state index in [1.807, 2.05) is 36.4 Å². The highest BCUT2D eigenvalue weighted by Crippen LogP contribution is 2.29. The summed E-state index contributed by atoms with van der Waals surface area (Å²) < 4.78 is 10.6. The molecule has 0 amide bonds. The van der Waals surface area contributed by atoms with E-state index in [0.717, 1.165) is 11.3 Å². The van der Waals surface area contributed by atoms with Gasteiger partial charge in [0.2, 0.25) is 0 Å². The van der Waals surface area contributed by atoms with E-state index in [2.05, 4.69) is 4.98 Å². The monoisotopic (exact) mass is 299 g/mol. The van der Waals surface area contributed by atoms with Crippen LogP contribution in [0.2, 0.25) is 0 Å². The second-order valence-corrected chi connectivity index (χ2v) is 4.60. The van der Waals surface area contributed by atoms with Crippen LogP contribution in [0.15, 0.2) is 42.6 Å². The van der Waals surface area contributed by atoms with Gasteiger partial charge in [-0.25, -0.2) is 4.79 Å². The Balaban J connectivity index is 2.18. The van der Waals surface area contributed by atoms with Crippen LogP contribution in [0.1, 0.15) is 18.2 Å². The van der Waals surface area contributed by atoms with E-state index in [-0.39, 0.29) is 0 Å². The van der Waals surface area contributed by atoms with Crippen molar-refractivity contribution in [1.29, 1.82) is 0 Å². The number of rotatable bonds is 6. The van der Waals surface area contributed by atoms with Crippen LogP contribution in [-0.4, -0.2) is 29.3 Å². The minimum atomic E-state index is -1.03. The molecule has 5 nitrogen and oxygen atoms in total. The van der Waals surface area contributed by atoms with Crippen molar-refractivity contribution in [2.75, 3.05) is 7.11 Å². The molecule has 0 aliphatic heterocycles. The van der Waals surface area contributed by atoms with Crippen molar-refractivity contribution >= 4 is 18.1 Å². The lowest BCUT2D eigenvalue weighted by Gasteiger charge is -2.14. The number of methoxy groups -OCH3 is 1. The zero-order valence-corrected chi connectivity index (χ0v) is 12.4. The number of ether oxygens (including phenoxy) is 2. The molecule has 0 saturated heterocycles. The van der Waals surface area contributed by atoms with Crippen LogP contribution in [0.3, 0.4) is 0 Å². The number of hydrogen-bond acceptors (Lipinski definition) is 4. The number of hydrogen-bond donors (Lipinski definition) is 1. The molecule has 2 rings (SSSR count). The van der Waals surface area contributed by atoms with Gasteiger partial charge in [0.05, 0.1) is 12.8 Å². The molecule has 0 fully saturated rings. The van der Waals surface area contributed by atoms with E-state index in [4.69, 9.17) is 14.6 Å². The maximum Gasteiger partial charge on any atom is 0.344 e. The first kappa shape index (κ1) is 15.6. The van der Waals surface area contributed by atoms with Gasteiger partial charge in [0.15, 0.2) is 17.6 Å². The minimum absolute atomic E-state index is 0.396. The molecule has 1 aromatic heterocycles. The molecule has 1 aromatic carbocycles. The first-order chi connectivity index (χ1) is 10.6. The Hall–Kier alpha value is -2.82. The van der Waals surface area contributed by atoms with Gasteiger partial charge in [0, 0.05) is 6.20 Å². The summed E-state index contributed by atoms with van der Waals surface area (Å²) in [6, 6.07) is 11.0. The molecule has 1 unspecified atom stereocenters. The van der Waals surface area contributed by atoms with Crippen LogP contribution in [0.5, 0.6) is 11.5 Å². The standard InChI is InChI=1S/C17H17NO4/c1-12(17(19)20)22-15-9-7-13(11-16(15)21-2)6-8-14-5-3-4-10-18-14/h3-12H,1-2H3,(H,19,20)/b8-6+. The van der Waals surface area contributed by atoms with E-state index in [9.17, 15) is 4.79 Å². The Labute approximate surface area is 128 Å². The first-order valence-electron chi connectivity index (χ1n) is 6.77. The molecule has 2 aromatic rings. The Morgan fingerprint density at radius 3 is 2.68 bits per heavy atom. The summed E-state index contributed by atoms with van der Waals surface area (Å²) in [7, 11) is 1.51. The Kier molecular flexibility index (Phi) is 5.14. The third-order valence-electron chi connectivity index (χ3n) is 2.97. The van der Waals surface area contributed by atoms with Crippen molar-refractivity contribution < 1.29 is 19.4 Å². The van der Waals surface area contributed by atoms with Crippen molar-refractivity contribution in [3.05, 3.63) is 53.9 Å². The maximum absolute atomic E-state index is 10.8. The van der Waals surface area contributed by atoms with Gasteiger partial charge in [-0.2, -0.15) is 0 Å². The largest absolute Gasteiger partial charge is 0.493 e. The van der Waals surface area contributed by atoms with Crippen molar-refractivity contribution in [1.82, 2.24) is 4.98 Å². The van der Waals surface area contributed by atoms with E-state index in [1.165, 1.54) is 14.0 Å². The first-order valence-corrected chi connectivity index (χ1v) is 6.77. The van der Waals surface area contributed by atoms with Crippen LogP contribution in [0.4, 0.5) is 0 Å². The highest BCUT2D eigenvalue weighted by Gasteiger charge is 2.15. The highest BCUT2D eigenvalue weighted by molar-refractivity contribution is 5.73. The Bertz CT molecular complexity index is 668. The minimum Gasteiger partial charge on any atom is -0.493 e. The Morgan fingerprint density at radius 1 is 1.23 bits per heavy atom. The fourth-order valence-electron chi connectivity index (χ4n) is 1.78. The molecule has 0 bridgehead atoms. The number of aliphatic carboxylic acids is 1. The molecule has 5 heteroatoms. The molecular weight excluding hydrogens is 282 g/mol. The third-order valence-corrected chi connectivity index (χ3v) is 2.97. The summed E-state index contributed by atoms with van der Waals surface area (Å²) in [6.45, 7) is 1.47. The van der Waals surface area contributed by atoms with Crippen molar-refractivity contribution in [2.45, 2.75) is 13.0 Å². The molecule has 1 atom stereocenters. The molecule has 1 N–H and O–H groups in total. The number of aromatic nitrogens is 1. The van der Waals surface area contributed by atoms with Gasteiger partial charge in [0.1, 0.15) is 0 Å². The number of carboxylic acids is 1. The highest BCUT2D eigenvalue weighted by atomic mass is 16.5. The van der Waals surface area contributed by atoms with Gasteiger partial charge < -0.3 is 14.6 Å². The van der Waals surface area contributed by atoms with Crippen LogP contribution in [-0.2, 0) is 4.79 Å². The summed E-state index contributed by atoms with van der Waals surface area (Å²) in [4.78, 5) is 15.1. The summed E-state index contributed by atoms with van der Waals surface area (Å²) in [6.07, 6.45) is 4.57.